The number of carbonyl (C=O) groups excluding carboxylic acids is 1. The zero-order valence-electron chi connectivity index (χ0n) is 18.4. The van der Waals surface area contributed by atoms with E-state index in [4.69, 9.17) is 4.74 Å². The van der Waals surface area contributed by atoms with Crippen molar-refractivity contribution < 1.29 is 9.53 Å². The lowest BCUT2D eigenvalue weighted by Gasteiger charge is -2.34. The molecule has 4 aliphatic rings. The molecular formula is C24H29N5O3. The topological polar surface area (TPSA) is 72.6 Å². The van der Waals surface area contributed by atoms with Gasteiger partial charge in [-0.25, -0.2) is 0 Å². The minimum Gasteiger partial charge on any atom is -0.376 e. The fraction of sp³-hybridized carbons (Fsp3) is 0.458. The van der Waals surface area contributed by atoms with Crippen LogP contribution in [0, 0.1) is 0 Å². The summed E-state index contributed by atoms with van der Waals surface area (Å²) in [6.45, 7) is 7.59. The van der Waals surface area contributed by atoms with Crippen LogP contribution in [0.5, 0.6) is 0 Å². The van der Waals surface area contributed by atoms with E-state index >= 15 is 0 Å². The van der Waals surface area contributed by atoms with Crippen LogP contribution in [0.4, 0.5) is 0 Å². The Bertz CT molecular complexity index is 1110. The fourth-order valence-corrected chi connectivity index (χ4v) is 4.63. The normalized spacial score (nSPS) is 19.7. The van der Waals surface area contributed by atoms with Crippen LogP contribution in [0.15, 0.2) is 47.5 Å². The van der Waals surface area contributed by atoms with Crippen LogP contribution in [-0.4, -0.2) is 75.5 Å². The van der Waals surface area contributed by atoms with Crippen molar-refractivity contribution in [3.05, 3.63) is 58.6 Å². The van der Waals surface area contributed by atoms with Crippen LogP contribution in [0.25, 0.3) is 16.9 Å². The average molecular weight is 436 g/mol. The molecule has 0 saturated carbocycles. The van der Waals surface area contributed by atoms with E-state index in [1.165, 1.54) is 4.68 Å². The van der Waals surface area contributed by atoms with Gasteiger partial charge in [-0.3, -0.25) is 9.59 Å². The number of carbonyl (C=O) groups is 1. The summed E-state index contributed by atoms with van der Waals surface area (Å²) in [5.41, 5.74) is 1.89. The lowest BCUT2D eigenvalue weighted by molar-refractivity contribution is 0.0641. The quantitative estimate of drug-likeness (QED) is 0.614. The fourth-order valence-electron chi connectivity index (χ4n) is 4.63. The molecule has 0 aromatic heterocycles. The van der Waals surface area contributed by atoms with E-state index in [-0.39, 0.29) is 17.6 Å². The summed E-state index contributed by atoms with van der Waals surface area (Å²) in [6, 6.07) is 9.34. The Hall–Kier alpha value is -2.97. The van der Waals surface area contributed by atoms with Gasteiger partial charge < -0.3 is 19.1 Å². The molecule has 2 saturated heterocycles. The predicted octanol–water partition coefficient (Wildman–Crippen LogP) is 2.10. The Morgan fingerprint density at radius 2 is 1.91 bits per heavy atom. The lowest BCUT2D eigenvalue weighted by atomic mass is 10.1. The molecule has 8 nitrogen and oxygen atoms in total. The van der Waals surface area contributed by atoms with Gasteiger partial charge in [0, 0.05) is 51.7 Å². The summed E-state index contributed by atoms with van der Waals surface area (Å²) in [7, 11) is 0. The van der Waals surface area contributed by atoms with Crippen LogP contribution in [0.3, 0.4) is 0 Å². The van der Waals surface area contributed by atoms with Gasteiger partial charge in [0.2, 0.25) is 0 Å². The predicted molar refractivity (Wildman–Crippen MR) is 121 cm³/mol. The van der Waals surface area contributed by atoms with Crippen molar-refractivity contribution in [1.82, 2.24) is 24.1 Å². The van der Waals surface area contributed by atoms with Crippen molar-refractivity contribution in [1.29, 1.82) is 0 Å². The van der Waals surface area contributed by atoms with E-state index in [9.17, 15) is 9.59 Å². The Kier molecular flexibility index (Phi) is 5.80. The first-order valence-electron chi connectivity index (χ1n) is 11.5. The van der Waals surface area contributed by atoms with E-state index in [2.05, 4.69) is 16.9 Å². The molecule has 5 rings (SSSR count). The second-order valence-corrected chi connectivity index (χ2v) is 8.54. The highest BCUT2D eigenvalue weighted by atomic mass is 16.5. The number of para-hydroxylation sites is 1. The molecule has 0 aliphatic carbocycles. The van der Waals surface area contributed by atoms with Gasteiger partial charge in [0.15, 0.2) is 0 Å². The number of likely N-dealkylation sites (N-methyl/N-ethyl adjacent to an activating group) is 1. The number of rotatable bonds is 5. The van der Waals surface area contributed by atoms with Crippen molar-refractivity contribution in [3.8, 4) is 16.9 Å². The maximum atomic E-state index is 13.6. The highest BCUT2D eigenvalue weighted by Crippen LogP contribution is 2.25. The Morgan fingerprint density at radius 3 is 2.59 bits per heavy atom. The van der Waals surface area contributed by atoms with E-state index in [1.807, 2.05) is 52.2 Å². The molecule has 2 fully saturated rings. The largest absolute Gasteiger partial charge is 0.376 e. The molecule has 1 aromatic rings. The Morgan fingerprint density at radius 1 is 1.12 bits per heavy atom. The summed E-state index contributed by atoms with van der Waals surface area (Å²) in [4.78, 5) is 31.1. The van der Waals surface area contributed by atoms with Gasteiger partial charge >= 0.3 is 0 Å². The smallest absolute Gasteiger partial charge is 0.282 e. The number of hydrogen-bond donors (Lipinski definition) is 0. The Labute approximate surface area is 187 Å². The minimum atomic E-state index is -0.210. The number of nitrogens with zero attached hydrogens (tertiary/aromatic N) is 5. The number of piperazine rings is 1. The molecule has 1 amide bonds. The zero-order valence-corrected chi connectivity index (χ0v) is 18.4. The standard InChI is InChI=1S/C24H29N5O3/c1-2-26-10-12-28(13-11-26)23(30)20-16-27(15-19-9-6-14-32-19)17-21-22(20)25-29(24(21)31)18-7-4-3-5-8-18/h3-5,7-8,16-17,19H,2,6,9-15H2,1H3/t19-/m1/s1. The first kappa shape index (κ1) is 20.9. The third-order valence-corrected chi connectivity index (χ3v) is 6.50. The SMILES string of the molecule is CCN1CCN(C(=O)c2cn(C[C@H]3CCCO3)cc3c(=O)n(-c4ccccc4)nc2-3)CC1. The molecule has 4 heterocycles. The average Bonchev–Trinajstić information content (AvgIpc) is 3.47. The number of pyridine rings is 1. The zero-order chi connectivity index (χ0) is 22.1. The van der Waals surface area contributed by atoms with Gasteiger partial charge in [0.1, 0.15) is 5.69 Å². The van der Waals surface area contributed by atoms with Gasteiger partial charge in [0.05, 0.1) is 22.9 Å². The molecule has 8 heteroatoms. The van der Waals surface area contributed by atoms with Crippen LogP contribution in [-0.2, 0) is 11.3 Å². The molecule has 32 heavy (non-hydrogen) atoms. The van der Waals surface area contributed by atoms with Crippen molar-refractivity contribution in [2.75, 3.05) is 39.3 Å². The molecule has 1 atom stereocenters. The van der Waals surface area contributed by atoms with Crippen LogP contribution in [0.2, 0.25) is 0 Å². The van der Waals surface area contributed by atoms with E-state index in [0.29, 0.717) is 42.1 Å². The van der Waals surface area contributed by atoms with Gasteiger partial charge in [-0.2, -0.15) is 9.78 Å². The summed E-state index contributed by atoms with van der Waals surface area (Å²) < 4.78 is 9.13. The first-order valence-corrected chi connectivity index (χ1v) is 11.5. The van der Waals surface area contributed by atoms with E-state index in [1.54, 1.807) is 0 Å². The summed E-state index contributed by atoms with van der Waals surface area (Å²) in [6.07, 6.45) is 5.80. The van der Waals surface area contributed by atoms with Gasteiger partial charge in [-0.15, -0.1) is 0 Å². The second-order valence-electron chi connectivity index (χ2n) is 8.54. The molecule has 0 unspecified atom stereocenters. The third kappa shape index (κ3) is 3.96. The van der Waals surface area contributed by atoms with Crippen molar-refractivity contribution in [2.45, 2.75) is 32.4 Å². The molecule has 0 radical (unpaired) electrons. The second kappa shape index (κ2) is 8.88. The maximum Gasteiger partial charge on any atom is 0.282 e. The minimum absolute atomic E-state index is 0.0647. The lowest BCUT2D eigenvalue weighted by Crippen LogP contribution is -2.48. The summed E-state index contributed by atoms with van der Waals surface area (Å²) in [5, 5.41) is 4.60. The number of hydrogen-bond acceptors (Lipinski definition) is 5. The van der Waals surface area contributed by atoms with Crippen LogP contribution >= 0.6 is 0 Å². The maximum absolute atomic E-state index is 13.6. The molecule has 4 aliphatic heterocycles. The van der Waals surface area contributed by atoms with Crippen molar-refractivity contribution in [2.24, 2.45) is 0 Å². The molecular weight excluding hydrogens is 406 g/mol. The summed E-state index contributed by atoms with van der Waals surface area (Å²) >= 11 is 0. The van der Waals surface area contributed by atoms with Gasteiger partial charge in [-0.05, 0) is 31.5 Å². The third-order valence-electron chi connectivity index (χ3n) is 6.50. The van der Waals surface area contributed by atoms with Gasteiger partial charge in [-0.1, -0.05) is 25.1 Å². The molecule has 168 valence electrons. The van der Waals surface area contributed by atoms with Crippen LogP contribution in [0.1, 0.15) is 30.1 Å². The molecule has 0 bridgehead atoms. The highest BCUT2D eigenvalue weighted by Gasteiger charge is 2.29. The number of benzene rings is 1. The van der Waals surface area contributed by atoms with E-state index in [0.717, 1.165) is 39.1 Å². The number of ether oxygens (including phenoxy) is 1. The molecule has 0 spiro atoms. The molecule has 0 N–H and O–H groups in total. The number of aromatic nitrogens is 3. The summed E-state index contributed by atoms with van der Waals surface area (Å²) in [5.74, 6) is -0.0647. The van der Waals surface area contributed by atoms with E-state index < -0.39 is 0 Å². The molecule has 1 aromatic carbocycles. The van der Waals surface area contributed by atoms with Crippen molar-refractivity contribution in [3.63, 3.8) is 0 Å². The van der Waals surface area contributed by atoms with Crippen molar-refractivity contribution >= 4 is 5.91 Å². The monoisotopic (exact) mass is 435 g/mol. The highest BCUT2D eigenvalue weighted by molar-refractivity contribution is 6.00. The Balaban J connectivity index is 1.56. The van der Waals surface area contributed by atoms with Gasteiger partial charge in [0.25, 0.3) is 11.5 Å². The first-order chi connectivity index (χ1) is 15.6. The van der Waals surface area contributed by atoms with Crippen LogP contribution < -0.4 is 5.56 Å². The number of amides is 1. The number of fused-ring (bicyclic) bond motifs is 1.